The van der Waals surface area contributed by atoms with Crippen LogP contribution in [0.5, 0.6) is 11.5 Å². The topological polar surface area (TPSA) is 73.9 Å². The molecular formula is C19H17ClFNO5. The molecule has 8 heteroatoms. The second-order valence-corrected chi connectivity index (χ2v) is 6.32. The third-order valence-corrected chi connectivity index (χ3v) is 4.32. The number of carbonyl (C=O) groups excluding carboxylic acids is 2. The lowest BCUT2D eigenvalue weighted by Crippen LogP contribution is -2.35. The molecule has 0 fully saturated rings. The second-order valence-electron chi connectivity index (χ2n) is 5.91. The third-order valence-electron chi connectivity index (χ3n) is 3.96. The molecule has 0 bridgehead atoms. The van der Waals surface area contributed by atoms with Crippen LogP contribution in [-0.4, -0.2) is 24.8 Å². The minimum Gasteiger partial charge on any atom is -0.454 e. The van der Waals surface area contributed by atoms with Gasteiger partial charge in [0.15, 0.2) is 17.6 Å². The molecule has 0 saturated carbocycles. The van der Waals surface area contributed by atoms with E-state index in [0.29, 0.717) is 11.5 Å². The van der Waals surface area contributed by atoms with Crippen molar-refractivity contribution in [2.24, 2.45) is 0 Å². The van der Waals surface area contributed by atoms with Gasteiger partial charge < -0.3 is 19.5 Å². The molecule has 1 amide bonds. The average Bonchev–Trinajstić information content (AvgIpc) is 3.10. The van der Waals surface area contributed by atoms with Crippen molar-refractivity contribution >= 4 is 23.5 Å². The summed E-state index contributed by atoms with van der Waals surface area (Å²) in [6.45, 7) is 1.84. The van der Waals surface area contributed by atoms with Gasteiger partial charge in [0.05, 0.1) is 6.42 Å². The summed E-state index contributed by atoms with van der Waals surface area (Å²) in [7, 11) is 0. The van der Waals surface area contributed by atoms with Crippen LogP contribution in [-0.2, 0) is 27.3 Å². The highest BCUT2D eigenvalue weighted by atomic mass is 35.5. The molecule has 1 heterocycles. The lowest BCUT2D eigenvalue weighted by Gasteiger charge is -2.14. The molecule has 27 heavy (non-hydrogen) atoms. The van der Waals surface area contributed by atoms with E-state index in [-0.39, 0.29) is 30.3 Å². The Morgan fingerprint density at radius 2 is 2.04 bits per heavy atom. The summed E-state index contributed by atoms with van der Waals surface area (Å²) >= 11 is 5.88. The highest BCUT2D eigenvalue weighted by Crippen LogP contribution is 2.32. The first-order chi connectivity index (χ1) is 12.9. The molecule has 0 aromatic heterocycles. The SMILES string of the molecule is C[C@@H](OC(=O)Cc1c(F)cccc1Cl)C(=O)NCc1ccc2c(c1)OCO2. The molecule has 142 valence electrons. The Morgan fingerprint density at radius 3 is 2.81 bits per heavy atom. The summed E-state index contributed by atoms with van der Waals surface area (Å²) in [6.07, 6.45) is -1.39. The standard InChI is InChI=1S/C19H17ClFNO5/c1-11(27-18(23)8-13-14(20)3-2-4-15(13)21)19(24)22-9-12-5-6-16-17(7-12)26-10-25-16/h2-7,11H,8-10H2,1H3,(H,22,24)/t11-/m1/s1. The van der Waals surface area contributed by atoms with Crippen molar-refractivity contribution in [2.45, 2.75) is 26.0 Å². The van der Waals surface area contributed by atoms with E-state index in [2.05, 4.69) is 5.32 Å². The van der Waals surface area contributed by atoms with Gasteiger partial charge in [0.1, 0.15) is 5.82 Å². The molecule has 1 aliphatic heterocycles. The van der Waals surface area contributed by atoms with Crippen LogP contribution >= 0.6 is 11.6 Å². The van der Waals surface area contributed by atoms with E-state index in [1.165, 1.54) is 25.1 Å². The Bertz CT molecular complexity index is 853. The summed E-state index contributed by atoms with van der Waals surface area (Å²) in [5.74, 6) is -0.546. The average molecular weight is 394 g/mol. The van der Waals surface area contributed by atoms with Gasteiger partial charge in [0.2, 0.25) is 6.79 Å². The van der Waals surface area contributed by atoms with Crippen LogP contribution in [0.3, 0.4) is 0 Å². The Labute approximate surface area is 160 Å². The summed E-state index contributed by atoms with van der Waals surface area (Å²) in [5, 5.41) is 2.80. The number of amides is 1. The number of carbonyl (C=O) groups is 2. The molecule has 2 aromatic rings. The molecule has 1 aliphatic rings. The molecule has 0 aliphatic carbocycles. The maximum absolute atomic E-state index is 13.7. The number of nitrogens with one attached hydrogen (secondary N) is 1. The van der Waals surface area contributed by atoms with E-state index in [9.17, 15) is 14.0 Å². The fraction of sp³-hybridized carbons (Fsp3) is 0.263. The van der Waals surface area contributed by atoms with Crippen molar-refractivity contribution < 1.29 is 28.2 Å². The van der Waals surface area contributed by atoms with Crippen molar-refractivity contribution in [3.05, 3.63) is 58.4 Å². The lowest BCUT2D eigenvalue weighted by atomic mass is 10.1. The molecule has 0 spiro atoms. The molecule has 1 N–H and O–H groups in total. The normalized spacial score (nSPS) is 13.1. The Morgan fingerprint density at radius 1 is 1.26 bits per heavy atom. The number of esters is 1. The smallest absolute Gasteiger partial charge is 0.311 e. The van der Waals surface area contributed by atoms with Gasteiger partial charge in [-0.1, -0.05) is 23.7 Å². The molecule has 0 radical (unpaired) electrons. The van der Waals surface area contributed by atoms with E-state index in [4.69, 9.17) is 25.8 Å². The first-order valence-corrected chi connectivity index (χ1v) is 8.60. The summed E-state index contributed by atoms with van der Waals surface area (Å²) in [6, 6.07) is 9.44. The van der Waals surface area contributed by atoms with Crippen molar-refractivity contribution in [1.29, 1.82) is 0 Å². The highest BCUT2D eigenvalue weighted by Gasteiger charge is 2.20. The maximum atomic E-state index is 13.7. The van der Waals surface area contributed by atoms with Crippen molar-refractivity contribution in [1.82, 2.24) is 5.32 Å². The fourth-order valence-corrected chi connectivity index (χ4v) is 2.75. The van der Waals surface area contributed by atoms with Crippen LogP contribution in [0.15, 0.2) is 36.4 Å². The van der Waals surface area contributed by atoms with Gasteiger partial charge in [-0.3, -0.25) is 9.59 Å². The van der Waals surface area contributed by atoms with E-state index < -0.39 is 23.8 Å². The van der Waals surface area contributed by atoms with Gasteiger partial charge in [0, 0.05) is 17.1 Å². The Hall–Kier alpha value is -2.80. The van der Waals surface area contributed by atoms with Crippen molar-refractivity contribution in [2.75, 3.05) is 6.79 Å². The highest BCUT2D eigenvalue weighted by molar-refractivity contribution is 6.31. The van der Waals surface area contributed by atoms with Gasteiger partial charge in [-0.05, 0) is 36.8 Å². The summed E-state index contributed by atoms with van der Waals surface area (Å²) < 4.78 is 29.3. The quantitative estimate of drug-likeness (QED) is 0.764. The van der Waals surface area contributed by atoms with E-state index in [1.54, 1.807) is 18.2 Å². The van der Waals surface area contributed by atoms with Gasteiger partial charge in [-0.2, -0.15) is 0 Å². The van der Waals surface area contributed by atoms with Crippen LogP contribution in [0.1, 0.15) is 18.1 Å². The van der Waals surface area contributed by atoms with Crippen LogP contribution in [0.2, 0.25) is 5.02 Å². The zero-order valence-electron chi connectivity index (χ0n) is 14.5. The number of halogens is 2. The van der Waals surface area contributed by atoms with Gasteiger partial charge in [-0.15, -0.1) is 0 Å². The third kappa shape index (κ3) is 4.68. The molecule has 2 aromatic carbocycles. The van der Waals surface area contributed by atoms with Gasteiger partial charge >= 0.3 is 5.97 Å². The van der Waals surface area contributed by atoms with Gasteiger partial charge in [-0.25, -0.2) is 4.39 Å². The Balaban J connectivity index is 1.50. The fourth-order valence-electron chi connectivity index (χ4n) is 2.52. The Kier molecular flexibility index (Phi) is 5.81. The van der Waals surface area contributed by atoms with Crippen molar-refractivity contribution in [3.8, 4) is 11.5 Å². The number of benzene rings is 2. The zero-order valence-corrected chi connectivity index (χ0v) is 15.2. The largest absolute Gasteiger partial charge is 0.454 e. The minimum absolute atomic E-state index is 0.0390. The lowest BCUT2D eigenvalue weighted by molar-refractivity contribution is -0.154. The number of hydrogen-bond donors (Lipinski definition) is 1. The van der Waals surface area contributed by atoms with Crippen LogP contribution in [0.4, 0.5) is 4.39 Å². The number of hydrogen-bond acceptors (Lipinski definition) is 5. The molecule has 1 atom stereocenters. The predicted molar refractivity (Wildman–Crippen MR) is 95.1 cm³/mol. The molecule has 6 nitrogen and oxygen atoms in total. The summed E-state index contributed by atoms with van der Waals surface area (Å²) in [5.41, 5.74) is 0.849. The van der Waals surface area contributed by atoms with Crippen LogP contribution < -0.4 is 14.8 Å². The molecule has 3 rings (SSSR count). The van der Waals surface area contributed by atoms with E-state index in [0.717, 1.165) is 5.56 Å². The predicted octanol–water partition coefficient (Wildman–Crippen LogP) is 3.00. The molecule has 0 unspecified atom stereocenters. The first-order valence-electron chi connectivity index (χ1n) is 8.22. The minimum atomic E-state index is -1.03. The van der Waals surface area contributed by atoms with Crippen LogP contribution in [0, 0.1) is 5.82 Å². The van der Waals surface area contributed by atoms with Crippen molar-refractivity contribution in [3.63, 3.8) is 0 Å². The first kappa shape index (κ1) is 19.0. The van der Waals surface area contributed by atoms with E-state index >= 15 is 0 Å². The number of ether oxygens (including phenoxy) is 3. The monoisotopic (exact) mass is 393 g/mol. The molecule has 0 saturated heterocycles. The second kappa shape index (κ2) is 8.26. The molecular weight excluding hydrogens is 377 g/mol. The number of fused-ring (bicyclic) bond motifs is 1. The number of rotatable bonds is 6. The van der Waals surface area contributed by atoms with Gasteiger partial charge in [0.25, 0.3) is 5.91 Å². The maximum Gasteiger partial charge on any atom is 0.311 e. The van der Waals surface area contributed by atoms with Crippen LogP contribution in [0.25, 0.3) is 0 Å². The zero-order chi connectivity index (χ0) is 19.4. The van der Waals surface area contributed by atoms with E-state index in [1.807, 2.05) is 0 Å². The summed E-state index contributed by atoms with van der Waals surface area (Å²) in [4.78, 5) is 24.1.